The van der Waals surface area contributed by atoms with Crippen molar-refractivity contribution in [2.24, 2.45) is 5.92 Å². The largest absolute Gasteiger partial charge is 0.493 e. The van der Waals surface area contributed by atoms with Crippen molar-refractivity contribution in [3.05, 3.63) is 97.4 Å². The van der Waals surface area contributed by atoms with Gasteiger partial charge in [-0.2, -0.15) is 0 Å². The number of halogens is 1. The number of hydrogen-bond acceptors (Lipinski definition) is 10. The van der Waals surface area contributed by atoms with Gasteiger partial charge in [0.05, 0.1) is 43.0 Å². The molecule has 1 fully saturated rings. The second kappa shape index (κ2) is 13.3. The van der Waals surface area contributed by atoms with Gasteiger partial charge in [0.25, 0.3) is 0 Å². The monoisotopic (exact) mass is 693 g/mol. The van der Waals surface area contributed by atoms with Crippen molar-refractivity contribution in [1.29, 1.82) is 0 Å². The van der Waals surface area contributed by atoms with Crippen LogP contribution in [0.4, 0.5) is 11.4 Å². The van der Waals surface area contributed by atoms with E-state index < -0.39 is 45.6 Å². The first-order valence-electron chi connectivity index (χ1n) is 14.5. The Morgan fingerprint density at radius 2 is 1.62 bits per heavy atom. The second-order valence-corrected chi connectivity index (χ2v) is 13.2. The fraction of sp³-hybridized carbons (Fsp3) is 0.242. The minimum Gasteiger partial charge on any atom is -0.493 e. The van der Waals surface area contributed by atoms with Gasteiger partial charge in [-0.1, -0.05) is 40.8 Å². The van der Waals surface area contributed by atoms with Gasteiger partial charge >= 0.3 is 10.8 Å². The van der Waals surface area contributed by atoms with Crippen LogP contribution in [0.3, 0.4) is 0 Å². The first kappa shape index (κ1) is 32.4. The number of fused-ring (bicyclic) bond motifs is 2. The fourth-order valence-corrected chi connectivity index (χ4v) is 8.65. The smallest absolute Gasteiger partial charge is 0.338 e. The van der Waals surface area contributed by atoms with E-state index in [1.54, 1.807) is 61.5 Å². The highest BCUT2D eigenvalue weighted by atomic mass is 35.5. The Morgan fingerprint density at radius 1 is 0.915 bits per heavy atom. The molecule has 3 heterocycles. The van der Waals surface area contributed by atoms with Gasteiger partial charge in [-0.05, 0) is 73.2 Å². The van der Waals surface area contributed by atoms with Crippen molar-refractivity contribution >= 4 is 69.8 Å². The zero-order valence-corrected chi connectivity index (χ0v) is 27.7. The number of carbonyl (C=O) groups is 4. The lowest BCUT2D eigenvalue weighted by molar-refractivity contribution is -0.122. The number of imide groups is 1. The zero-order valence-electron chi connectivity index (χ0n) is 25.4. The number of aromatic nitrogens is 1. The number of nitrogens with one attached hydrogen (secondary N) is 1. The molecule has 1 aromatic heterocycles. The standard InChI is InChI=1S/C33H28ClN3O8S2/c1-4-45-32(41)17-5-10-20(11-6-17)35-24(38)16-36-31-28(47-33(36)42)25(18-7-14-22(43-2)23(15-18)44-3)26-27(46-31)30(40)37(29(26)39)21-12-8-19(34)9-13-21/h5-15,25-27H,4,16H2,1-3H3,(H,35,38). The molecule has 4 aromatic rings. The number of methoxy groups -OCH3 is 2. The maximum atomic E-state index is 14.1. The summed E-state index contributed by atoms with van der Waals surface area (Å²) in [6.07, 6.45) is 0. The predicted octanol–water partition coefficient (Wildman–Crippen LogP) is 5.19. The summed E-state index contributed by atoms with van der Waals surface area (Å²) in [5, 5.41) is 2.78. The van der Waals surface area contributed by atoms with Crippen LogP contribution in [-0.2, 0) is 25.7 Å². The molecule has 0 radical (unpaired) electrons. The predicted molar refractivity (Wildman–Crippen MR) is 178 cm³/mol. The third-order valence-corrected chi connectivity index (χ3v) is 10.7. The summed E-state index contributed by atoms with van der Waals surface area (Å²) in [5.41, 5.74) is 1.80. The van der Waals surface area contributed by atoms with Gasteiger partial charge in [-0.25, -0.2) is 9.69 Å². The van der Waals surface area contributed by atoms with E-state index in [1.807, 2.05) is 0 Å². The number of benzene rings is 3. The van der Waals surface area contributed by atoms with Gasteiger partial charge in [-0.3, -0.25) is 23.7 Å². The van der Waals surface area contributed by atoms with Crippen LogP contribution in [0.15, 0.2) is 76.6 Å². The fourth-order valence-electron chi connectivity index (χ4n) is 5.75. The number of ether oxygens (including phenoxy) is 3. The quantitative estimate of drug-likeness (QED) is 0.186. The van der Waals surface area contributed by atoms with Crippen molar-refractivity contribution in [3.8, 4) is 11.5 Å². The number of nitrogens with zero attached hydrogens (tertiary/aromatic N) is 2. The molecule has 14 heteroatoms. The Bertz CT molecular complexity index is 1940. The molecule has 0 spiro atoms. The normalized spacial score (nSPS) is 18.4. The molecule has 0 aliphatic carbocycles. The van der Waals surface area contributed by atoms with E-state index >= 15 is 0 Å². The Balaban J connectivity index is 1.37. The summed E-state index contributed by atoms with van der Waals surface area (Å²) in [6.45, 7) is 1.61. The average Bonchev–Trinajstić information content (AvgIpc) is 3.51. The van der Waals surface area contributed by atoms with E-state index in [2.05, 4.69) is 5.32 Å². The molecule has 3 atom stereocenters. The highest BCUT2D eigenvalue weighted by molar-refractivity contribution is 8.00. The topological polar surface area (TPSA) is 133 Å². The van der Waals surface area contributed by atoms with E-state index in [1.165, 1.54) is 30.9 Å². The van der Waals surface area contributed by atoms with Gasteiger partial charge in [0, 0.05) is 21.5 Å². The molecule has 3 amide bonds. The summed E-state index contributed by atoms with van der Waals surface area (Å²) in [4.78, 5) is 68.1. The molecule has 1 saturated heterocycles. The molecule has 3 aromatic carbocycles. The molecular weight excluding hydrogens is 666 g/mol. The average molecular weight is 694 g/mol. The third kappa shape index (κ3) is 6.01. The highest BCUT2D eigenvalue weighted by Gasteiger charge is 2.57. The molecule has 2 aliphatic heterocycles. The van der Waals surface area contributed by atoms with Gasteiger partial charge in [0.2, 0.25) is 17.7 Å². The Labute approximate surface area is 282 Å². The van der Waals surface area contributed by atoms with Crippen molar-refractivity contribution in [2.75, 3.05) is 31.0 Å². The zero-order chi connectivity index (χ0) is 33.4. The summed E-state index contributed by atoms with van der Waals surface area (Å²) < 4.78 is 17.3. The van der Waals surface area contributed by atoms with Crippen LogP contribution in [0, 0.1) is 5.92 Å². The molecule has 242 valence electrons. The van der Waals surface area contributed by atoms with Gasteiger partial charge in [0.1, 0.15) is 11.8 Å². The number of amides is 3. The Morgan fingerprint density at radius 3 is 2.28 bits per heavy atom. The molecule has 3 unspecified atom stereocenters. The summed E-state index contributed by atoms with van der Waals surface area (Å²) in [6, 6.07) is 17.9. The number of esters is 1. The SMILES string of the molecule is CCOC(=O)c1ccc(NC(=O)Cn2c3c(sc2=O)C(c2ccc(OC)c(OC)c2)C2C(=O)N(c4ccc(Cl)cc4)C(=O)C2S3)cc1. The van der Waals surface area contributed by atoms with Crippen molar-refractivity contribution in [3.63, 3.8) is 0 Å². The minimum atomic E-state index is -0.873. The lowest BCUT2D eigenvalue weighted by Gasteiger charge is -2.31. The van der Waals surface area contributed by atoms with Crippen molar-refractivity contribution < 1.29 is 33.4 Å². The van der Waals surface area contributed by atoms with E-state index in [4.69, 9.17) is 25.8 Å². The molecule has 0 saturated carbocycles. The molecule has 47 heavy (non-hydrogen) atoms. The third-order valence-electron chi connectivity index (χ3n) is 7.88. The highest BCUT2D eigenvalue weighted by Crippen LogP contribution is 2.54. The molecule has 1 N–H and O–H groups in total. The number of carbonyl (C=O) groups excluding carboxylic acids is 4. The van der Waals surface area contributed by atoms with Crippen LogP contribution in [-0.4, -0.2) is 54.3 Å². The lowest BCUT2D eigenvalue weighted by atomic mass is 9.83. The maximum absolute atomic E-state index is 14.1. The number of anilines is 2. The maximum Gasteiger partial charge on any atom is 0.338 e. The Hall–Kier alpha value is -4.59. The van der Waals surface area contributed by atoms with Crippen LogP contribution in [0.25, 0.3) is 0 Å². The first-order chi connectivity index (χ1) is 22.6. The van der Waals surface area contributed by atoms with E-state index in [-0.39, 0.29) is 13.2 Å². The molecule has 11 nitrogen and oxygen atoms in total. The van der Waals surface area contributed by atoms with Crippen LogP contribution in [0.1, 0.15) is 33.6 Å². The number of thioether (sulfide) groups is 1. The summed E-state index contributed by atoms with van der Waals surface area (Å²) in [5.74, 6) is -2.43. The number of thiazole rings is 1. The Kier molecular flexibility index (Phi) is 9.13. The lowest BCUT2D eigenvalue weighted by Crippen LogP contribution is -2.33. The van der Waals surface area contributed by atoms with E-state index in [0.29, 0.717) is 48.9 Å². The second-order valence-electron chi connectivity index (χ2n) is 10.6. The minimum absolute atomic E-state index is 0.239. The van der Waals surface area contributed by atoms with Gasteiger partial charge in [-0.15, -0.1) is 0 Å². The van der Waals surface area contributed by atoms with E-state index in [0.717, 1.165) is 28.0 Å². The molecule has 6 rings (SSSR count). The van der Waals surface area contributed by atoms with Crippen LogP contribution in [0.5, 0.6) is 11.5 Å². The van der Waals surface area contributed by atoms with Gasteiger partial charge in [0.15, 0.2) is 11.5 Å². The summed E-state index contributed by atoms with van der Waals surface area (Å²) in [7, 11) is 3.01. The molecule has 2 aliphatic rings. The molecular formula is C33H28ClN3O8S2. The van der Waals surface area contributed by atoms with Crippen LogP contribution >= 0.6 is 34.7 Å². The van der Waals surface area contributed by atoms with Gasteiger partial charge < -0.3 is 19.5 Å². The van der Waals surface area contributed by atoms with E-state index in [9.17, 15) is 24.0 Å². The molecule has 0 bridgehead atoms. The van der Waals surface area contributed by atoms with Crippen LogP contribution < -0.4 is 24.6 Å². The van der Waals surface area contributed by atoms with Crippen LogP contribution in [0.2, 0.25) is 5.02 Å². The summed E-state index contributed by atoms with van der Waals surface area (Å²) >= 11 is 8.12. The number of hydrogen-bond donors (Lipinski definition) is 1. The van der Waals surface area contributed by atoms with Crippen molar-refractivity contribution in [2.45, 2.75) is 29.7 Å². The number of rotatable bonds is 9. The van der Waals surface area contributed by atoms with Crippen molar-refractivity contribution in [1.82, 2.24) is 4.57 Å². The first-order valence-corrected chi connectivity index (χ1v) is 16.5.